The van der Waals surface area contributed by atoms with Crippen LogP contribution in [-0.4, -0.2) is 27.1 Å². The highest BCUT2D eigenvalue weighted by molar-refractivity contribution is 9.10. The van der Waals surface area contributed by atoms with Crippen molar-refractivity contribution in [3.05, 3.63) is 60.2 Å². The van der Waals surface area contributed by atoms with Gasteiger partial charge in [0.15, 0.2) is 0 Å². The maximum atomic E-state index is 13.5. The molecule has 0 aliphatic carbocycles. The molecular weight excluding hydrogens is 416 g/mol. The van der Waals surface area contributed by atoms with E-state index in [-0.39, 0.29) is 17.2 Å². The van der Waals surface area contributed by atoms with Crippen LogP contribution in [-0.2, 0) is 14.3 Å². The lowest BCUT2D eigenvalue weighted by Crippen LogP contribution is -2.35. The molecule has 0 bridgehead atoms. The fraction of sp³-hybridized carbons (Fsp3) is 0.188. The average molecular weight is 430 g/mol. The lowest BCUT2D eigenvalue weighted by molar-refractivity contribution is 0.221. The van der Waals surface area contributed by atoms with Crippen LogP contribution in [0, 0.1) is 0 Å². The third kappa shape index (κ3) is 3.44. The van der Waals surface area contributed by atoms with E-state index in [1.54, 1.807) is 30.3 Å². The SMILES string of the molecule is NS(=O)(=O)c1ccc(N2CC(Br)(c3ccccc3)C(C(F)F)=N2)cc1. The number of anilines is 1. The van der Waals surface area contributed by atoms with E-state index in [0.717, 1.165) is 0 Å². The molecule has 0 aromatic heterocycles. The number of sulfonamides is 1. The Morgan fingerprint density at radius 2 is 1.72 bits per heavy atom. The quantitative estimate of drug-likeness (QED) is 0.758. The number of hydrogen-bond acceptors (Lipinski definition) is 4. The van der Waals surface area contributed by atoms with Crippen molar-refractivity contribution in [2.45, 2.75) is 15.6 Å². The van der Waals surface area contributed by atoms with Crippen LogP contribution in [0.25, 0.3) is 0 Å². The van der Waals surface area contributed by atoms with Gasteiger partial charge in [-0.2, -0.15) is 5.10 Å². The van der Waals surface area contributed by atoms with Crippen molar-refractivity contribution >= 4 is 37.4 Å². The molecule has 1 aliphatic rings. The van der Waals surface area contributed by atoms with Crippen LogP contribution in [0.15, 0.2) is 64.6 Å². The first-order chi connectivity index (χ1) is 11.7. The first kappa shape index (κ1) is 18.0. The van der Waals surface area contributed by atoms with Crippen molar-refractivity contribution in [2.24, 2.45) is 10.2 Å². The van der Waals surface area contributed by atoms with Crippen LogP contribution in [0.1, 0.15) is 5.56 Å². The molecule has 2 N–H and O–H groups in total. The van der Waals surface area contributed by atoms with Crippen molar-refractivity contribution in [1.29, 1.82) is 0 Å². The normalized spacial score (nSPS) is 20.8. The van der Waals surface area contributed by atoms with Crippen LogP contribution >= 0.6 is 15.9 Å². The zero-order valence-electron chi connectivity index (χ0n) is 12.8. The lowest BCUT2D eigenvalue weighted by Gasteiger charge is -2.25. The molecule has 1 aliphatic heterocycles. The van der Waals surface area contributed by atoms with Crippen LogP contribution in [0.5, 0.6) is 0 Å². The minimum atomic E-state index is -3.82. The summed E-state index contributed by atoms with van der Waals surface area (Å²) in [5.41, 5.74) is 0.856. The third-order valence-corrected chi connectivity index (χ3v) is 5.95. The van der Waals surface area contributed by atoms with Crippen molar-refractivity contribution in [3.8, 4) is 0 Å². The van der Waals surface area contributed by atoms with Gasteiger partial charge in [-0.25, -0.2) is 22.3 Å². The molecule has 0 saturated carbocycles. The van der Waals surface area contributed by atoms with Gasteiger partial charge in [-0.05, 0) is 29.8 Å². The highest BCUT2D eigenvalue weighted by atomic mass is 79.9. The number of primary sulfonamides is 1. The van der Waals surface area contributed by atoms with Gasteiger partial charge in [0.1, 0.15) is 10.0 Å². The molecule has 5 nitrogen and oxygen atoms in total. The van der Waals surface area contributed by atoms with Gasteiger partial charge >= 0.3 is 0 Å². The molecule has 25 heavy (non-hydrogen) atoms. The highest BCUT2D eigenvalue weighted by Crippen LogP contribution is 2.41. The highest BCUT2D eigenvalue weighted by Gasteiger charge is 2.46. The topological polar surface area (TPSA) is 75.8 Å². The molecule has 132 valence electrons. The molecule has 0 fully saturated rings. The number of rotatable bonds is 4. The first-order valence-electron chi connectivity index (χ1n) is 7.24. The number of hydrogen-bond donors (Lipinski definition) is 1. The van der Waals surface area contributed by atoms with Gasteiger partial charge in [-0.3, -0.25) is 5.01 Å². The summed E-state index contributed by atoms with van der Waals surface area (Å²) in [7, 11) is -3.82. The monoisotopic (exact) mass is 429 g/mol. The van der Waals surface area contributed by atoms with Gasteiger partial charge in [0.25, 0.3) is 6.43 Å². The fourth-order valence-corrected chi connectivity index (χ4v) is 3.92. The predicted molar refractivity (Wildman–Crippen MR) is 95.6 cm³/mol. The number of alkyl halides is 3. The van der Waals surface area contributed by atoms with E-state index in [0.29, 0.717) is 11.3 Å². The average Bonchev–Trinajstić information content (AvgIpc) is 2.94. The van der Waals surface area contributed by atoms with E-state index in [1.807, 2.05) is 0 Å². The van der Waals surface area contributed by atoms with E-state index in [4.69, 9.17) is 5.14 Å². The van der Waals surface area contributed by atoms with E-state index in [2.05, 4.69) is 21.0 Å². The minimum absolute atomic E-state index is 0.0540. The molecule has 2 aromatic rings. The number of nitrogens with two attached hydrogens (primary N) is 1. The molecule has 2 aromatic carbocycles. The second kappa shape index (κ2) is 6.47. The molecule has 9 heteroatoms. The smallest absolute Gasteiger partial charge is 0.263 e. The Hall–Kier alpha value is -1.84. The standard InChI is InChI=1S/C16H14BrF2N3O2S/c17-16(11-4-2-1-3-5-11)10-22(21-14(16)15(18)19)12-6-8-13(9-7-12)25(20,23)24/h1-9,15H,10H2,(H2,20,23,24). The summed E-state index contributed by atoms with van der Waals surface area (Å²) in [6, 6.07) is 14.4. The van der Waals surface area contributed by atoms with Crippen molar-refractivity contribution in [2.75, 3.05) is 11.6 Å². The Morgan fingerprint density at radius 3 is 2.24 bits per heavy atom. The Bertz CT molecular complexity index is 905. The Balaban J connectivity index is 1.98. The first-order valence-corrected chi connectivity index (χ1v) is 9.58. The number of nitrogens with zero attached hydrogens (tertiary/aromatic N) is 2. The molecule has 1 heterocycles. The van der Waals surface area contributed by atoms with Crippen LogP contribution in [0.2, 0.25) is 0 Å². The number of halogens is 3. The van der Waals surface area contributed by atoms with Gasteiger partial charge in [-0.1, -0.05) is 46.3 Å². The van der Waals surface area contributed by atoms with Gasteiger partial charge in [0.2, 0.25) is 10.0 Å². The van der Waals surface area contributed by atoms with E-state index in [1.165, 1.54) is 29.3 Å². The second-order valence-corrected chi connectivity index (χ2v) is 8.46. The molecule has 0 saturated heterocycles. The van der Waals surface area contributed by atoms with Gasteiger partial charge in [0.05, 0.1) is 17.1 Å². The molecule has 1 unspecified atom stereocenters. The van der Waals surface area contributed by atoms with Crippen molar-refractivity contribution in [3.63, 3.8) is 0 Å². The van der Waals surface area contributed by atoms with E-state index in [9.17, 15) is 17.2 Å². The molecule has 0 spiro atoms. The Kier molecular flexibility index (Phi) is 4.65. The molecular formula is C16H14BrF2N3O2S. The van der Waals surface area contributed by atoms with Crippen LogP contribution in [0.3, 0.4) is 0 Å². The zero-order chi connectivity index (χ0) is 18.2. The van der Waals surface area contributed by atoms with E-state index >= 15 is 0 Å². The van der Waals surface area contributed by atoms with Crippen molar-refractivity contribution in [1.82, 2.24) is 0 Å². The molecule has 1 atom stereocenters. The molecule has 0 radical (unpaired) electrons. The summed E-state index contributed by atoms with van der Waals surface area (Å²) in [5, 5.41) is 10.5. The van der Waals surface area contributed by atoms with Crippen LogP contribution < -0.4 is 10.1 Å². The maximum Gasteiger partial charge on any atom is 0.280 e. The fourth-order valence-electron chi connectivity index (χ4n) is 2.65. The lowest BCUT2D eigenvalue weighted by atomic mass is 9.94. The minimum Gasteiger partial charge on any atom is -0.263 e. The summed E-state index contributed by atoms with van der Waals surface area (Å²) in [5.74, 6) is 0. The second-order valence-electron chi connectivity index (χ2n) is 5.55. The summed E-state index contributed by atoms with van der Waals surface area (Å²) >= 11 is 3.44. The van der Waals surface area contributed by atoms with E-state index < -0.39 is 20.8 Å². The van der Waals surface area contributed by atoms with Gasteiger partial charge in [0, 0.05) is 0 Å². The Morgan fingerprint density at radius 1 is 1.12 bits per heavy atom. The summed E-state index contributed by atoms with van der Waals surface area (Å²) in [6.07, 6.45) is -2.74. The molecule has 3 rings (SSSR count). The number of hydrazone groups is 1. The number of benzene rings is 2. The largest absolute Gasteiger partial charge is 0.280 e. The summed E-state index contributed by atoms with van der Waals surface area (Å²) in [4.78, 5) is -0.0540. The zero-order valence-corrected chi connectivity index (χ0v) is 15.2. The van der Waals surface area contributed by atoms with Gasteiger partial charge in [-0.15, -0.1) is 0 Å². The maximum absolute atomic E-state index is 13.5. The summed E-state index contributed by atoms with van der Waals surface area (Å²) in [6.45, 7) is 0.144. The summed E-state index contributed by atoms with van der Waals surface area (Å²) < 4.78 is 48.6. The van der Waals surface area contributed by atoms with Crippen LogP contribution in [0.4, 0.5) is 14.5 Å². The van der Waals surface area contributed by atoms with Crippen molar-refractivity contribution < 1.29 is 17.2 Å². The Labute approximate surface area is 152 Å². The third-order valence-electron chi connectivity index (χ3n) is 3.90. The van der Waals surface area contributed by atoms with Gasteiger partial charge < -0.3 is 0 Å². The molecule has 0 amide bonds. The predicted octanol–water partition coefficient (Wildman–Crippen LogP) is 3.07.